The summed E-state index contributed by atoms with van der Waals surface area (Å²) < 4.78 is 5.77. The van der Waals surface area contributed by atoms with Gasteiger partial charge in [-0.25, -0.2) is 4.98 Å². The minimum absolute atomic E-state index is 0.356. The number of primary amides is 1. The maximum Gasteiger partial charge on any atom is 0.252 e. The van der Waals surface area contributed by atoms with Crippen molar-refractivity contribution in [2.24, 2.45) is 5.73 Å². The summed E-state index contributed by atoms with van der Waals surface area (Å²) in [5.41, 5.74) is 6.74. The van der Waals surface area contributed by atoms with E-state index in [1.165, 1.54) is 0 Å². The lowest BCUT2D eigenvalue weighted by Gasteiger charge is -2.22. The zero-order valence-corrected chi connectivity index (χ0v) is 12.3. The fraction of sp³-hybridized carbons (Fsp3) is 0.294. The highest BCUT2D eigenvalue weighted by molar-refractivity contribution is 5.95. The molecule has 0 bridgehead atoms. The number of nitrogens with two attached hydrogens (primary N) is 1. The Balaban J connectivity index is 1.82. The van der Waals surface area contributed by atoms with Crippen molar-refractivity contribution < 1.29 is 9.53 Å². The Morgan fingerprint density at radius 1 is 1.23 bits per heavy atom. The number of benzene rings is 1. The number of piperidine rings is 1. The lowest BCUT2D eigenvalue weighted by atomic mass is 9.96. The molecule has 1 fully saturated rings. The molecule has 1 aliphatic heterocycles. The van der Waals surface area contributed by atoms with Crippen molar-refractivity contribution in [1.29, 1.82) is 0 Å². The van der Waals surface area contributed by atoms with E-state index in [9.17, 15) is 4.79 Å². The average molecular weight is 297 g/mol. The maximum atomic E-state index is 11.4. The third-order valence-electron chi connectivity index (χ3n) is 3.83. The minimum atomic E-state index is -0.511. The normalized spacial score (nSPS) is 17.9. The number of ether oxygens (including phenoxy) is 1. The Bertz CT molecular complexity index is 666. The fourth-order valence-electron chi connectivity index (χ4n) is 2.69. The zero-order valence-electron chi connectivity index (χ0n) is 12.3. The number of aromatic nitrogens is 1. The topological polar surface area (TPSA) is 77.2 Å². The van der Waals surface area contributed by atoms with Crippen LogP contribution in [0.5, 0.6) is 11.6 Å². The number of rotatable bonds is 4. The molecule has 1 aliphatic rings. The van der Waals surface area contributed by atoms with E-state index in [0.29, 0.717) is 23.1 Å². The van der Waals surface area contributed by atoms with Gasteiger partial charge >= 0.3 is 0 Å². The van der Waals surface area contributed by atoms with Crippen molar-refractivity contribution in [2.75, 3.05) is 13.1 Å². The molecule has 22 heavy (non-hydrogen) atoms. The second kappa shape index (κ2) is 6.58. The maximum absolute atomic E-state index is 11.4. The van der Waals surface area contributed by atoms with Gasteiger partial charge in [-0.2, -0.15) is 0 Å². The summed E-state index contributed by atoms with van der Waals surface area (Å²) in [5.74, 6) is 0.810. The second-order valence-corrected chi connectivity index (χ2v) is 5.41. The smallest absolute Gasteiger partial charge is 0.252 e. The predicted molar refractivity (Wildman–Crippen MR) is 84.1 cm³/mol. The number of carbonyl (C=O) groups excluding carboxylic acids is 1. The molecule has 114 valence electrons. The van der Waals surface area contributed by atoms with Gasteiger partial charge in [-0.15, -0.1) is 0 Å². The molecule has 1 aromatic heterocycles. The van der Waals surface area contributed by atoms with Gasteiger partial charge in [0, 0.05) is 24.2 Å². The summed E-state index contributed by atoms with van der Waals surface area (Å²) in [5, 5.41) is 3.38. The SMILES string of the molecule is NC(=O)c1ccccc1Oc1cccc(C2CCCNC2)n1. The zero-order chi connectivity index (χ0) is 15.4. The molecular formula is C17H19N3O2. The quantitative estimate of drug-likeness (QED) is 0.908. The molecule has 0 spiro atoms. The molecule has 1 unspecified atom stereocenters. The molecule has 5 nitrogen and oxygen atoms in total. The standard InChI is InChI=1S/C17H19N3O2/c18-17(21)13-6-1-2-8-15(13)22-16-9-3-7-14(20-16)12-5-4-10-19-11-12/h1-3,6-9,12,19H,4-5,10-11H2,(H2,18,21). The van der Waals surface area contributed by atoms with Crippen molar-refractivity contribution in [2.45, 2.75) is 18.8 Å². The van der Waals surface area contributed by atoms with Crippen LogP contribution in [-0.2, 0) is 0 Å². The van der Waals surface area contributed by atoms with Crippen LogP contribution in [0.3, 0.4) is 0 Å². The molecule has 1 saturated heterocycles. The van der Waals surface area contributed by atoms with Crippen LogP contribution < -0.4 is 15.8 Å². The summed E-state index contributed by atoms with van der Waals surface area (Å²) >= 11 is 0. The van der Waals surface area contributed by atoms with Gasteiger partial charge in [0.25, 0.3) is 5.91 Å². The molecule has 1 amide bonds. The molecule has 1 atom stereocenters. The Labute approximate surface area is 129 Å². The van der Waals surface area contributed by atoms with Gasteiger partial charge in [0.15, 0.2) is 0 Å². The highest BCUT2D eigenvalue weighted by Crippen LogP contribution is 2.27. The Morgan fingerprint density at radius 2 is 2.09 bits per heavy atom. The van der Waals surface area contributed by atoms with Crippen LogP contribution in [-0.4, -0.2) is 24.0 Å². The van der Waals surface area contributed by atoms with E-state index in [-0.39, 0.29) is 0 Å². The number of hydrogen-bond donors (Lipinski definition) is 2. The number of nitrogens with zero attached hydrogens (tertiary/aromatic N) is 1. The molecule has 2 heterocycles. The second-order valence-electron chi connectivity index (χ2n) is 5.41. The molecule has 3 N–H and O–H groups in total. The van der Waals surface area contributed by atoms with Crippen molar-refractivity contribution in [1.82, 2.24) is 10.3 Å². The molecule has 1 aromatic carbocycles. The molecule has 2 aromatic rings. The van der Waals surface area contributed by atoms with Crippen LogP contribution in [0, 0.1) is 0 Å². The summed E-state index contributed by atoms with van der Waals surface area (Å²) in [6, 6.07) is 12.7. The van der Waals surface area contributed by atoms with E-state index < -0.39 is 5.91 Å². The molecule has 0 radical (unpaired) electrons. The summed E-state index contributed by atoms with van der Waals surface area (Å²) in [4.78, 5) is 16.0. The third kappa shape index (κ3) is 3.26. The monoisotopic (exact) mass is 297 g/mol. The van der Waals surface area contributed by atoms with E-state index in [1.54, 1.807) is 30.3 Å². The first-order chi connectivity index (χ1) is 10.7. The van der Waals surface area contributed by atoms with Gasteiger partial charge in [0.1, 0.15) is 5.75 Å². The van der Waals surface area contributed by atoms with E-state index in [2.05, 4.69) is 10.3 Å². The van der Waals surface area contributed by atoms with Crippen LogP contribution in [0.15, 0.2) is 42.5 Å². The number of nitrogens with one attached hydrogen (secondary N) is 1. The first-order valence-electron chi connectivity index (χ1n) is 7.48. The number of hydrogen-bond acceptors (Lipinski definition) is 4. The molecule has 3 rings (SSSR count). The molecule has 5 heteroatoms. The van der Waals surface area contributed by atoms with Crippen molar-refractivity contribution in [3.05, 3.63) is 53.7 Å². The largest absolute Gasteiger partial charge is 0.438 e. The first kappa shape index (κ1) is 14.5. The lowest BCUT2D eigenvalue weighted by Crippen LogP contribution is -2.28. The van der Waals surface area contributed by atoms with Gasteiger partial charge in [0.2, 0.25) is 5.88 Å². The van der Waals surface area contributed by atoms with E-state index in [1.807, 2.05) is 12.1 Å². The lowest BCUT2D eigenvalue weighted by molar-refractivity contribution is 0.0998. The summed E-state index contributed by atoms with van der Waals surface area (Å²) in [6.07, 6.45) is 2.28. The number of para-hydroxylation sites is 1. The average Bonchev–Trinajstić information content (AvgIpc) is 2.56. The van der Waals surface area contributed by atoms with Gasteiger partial charge in [-0.05, 0) is 37.6 Å². The van der Waals surface area contributed by atoms with Gasteiger partial charge < -0.3 is 15.8 Å². The Kier molecular flexibility index (Phi) is 4.34. The molecule has 0 aliphatic carbocycles. The summed E-state index contributed by atoms with van der Waals surface area (Å²) in [6.45, 7) is 2.01. The minimum Gasteiger partial charge on any atom is -0.438 e. The van der Waals surface area contributed by atoms with Gasteiger partial charge in [0.05, 0.1) is 5.56 Å². The van der Waals surface area contributed by atoms with Crippen LogP contribution in [0.1, 0.15) is 34.8 Å². The van der Waals surface area contributed by atoms with E-state index in [4.69, 9.17) is 10.5 Å². The Hall–Kier alpha value is -2.40. The fourth-order valence-corrected chi connectivity index (χ4v) is 2.69. The van der Waals surface area contributed by atoms with Crippen LogP contribution >= 0.6 is 0 Å². The van der Waals surface area contributed by atoms with Gasteiger partial charge in [-0.1, -0.05) is 18.2 Å². The number of amides is 1. The van der Waals surface area contributed by atoms with Gasteiger partial charge in [-0.3, -0.25) is 4.79 Å². The molecule has 0 saturated carbocycles. The highest BCUT2D eigenvalue weighted by atomic mass is 16.5. The Morgan fingerprint density at radius 3 is 2.86 bits per heavy atom. The summed E-state index contributed by atoms with van der Waals surface area (Å²) in [7, 11) is 0. The van der Waals surface area contributed by atoms with Crippen LogP contribution in [0.25, 0.3) is 0 Å². The van der Waals surface area contributed by atoms with Crippen LogP contribution in [0.4, 0.5) is 0 Å². The molecular weight excluding hydrogens is 278 g/mol. The van der Waals surface area contributed by atoms with Crippen molar-refractivity contribution in [3.63, 3.8) is 0 Å². The number of carbonyl (C=O) groups is 1. The third-order valence-corrected chi connectivity index (χ3v) is 3.83. The van der Waals surface area contributed by atoms with Crippen molar-refractivity contribution in [3.8, 4) is 11.6 Å². The van der Waals surface area contributed by atoms with Crippen molar-refractivity contribution >= 4 is 5.91 Å². The number of pyridine rings is 1. The highest BCUT2D eigenvalue weighted by Gasteiger charge is 2.17. The van der Waals surface area contributed by atoms with E-state index in [0.717, 1.165) is 31.6 Å². The predicted octanol–water partition coefficient (Wildman–Crippen LogP) is 2.44. The van der Waals surface area contributed by atoms with E-state index >= 15 is 0 Å². The first-order valence-corrected chi connectivity index (χ1v) is 7.48. The van der Waals surface area contributed by atoms with Crippen LogP contribution in [0.2, 0.25) is 0 Å².